The Bertz CT molecular complexity index is 801. The van der Waals surface area contributed by atoms with Gasteiger partial charge in [-0.25, -0.2) is 0 Å². The van der Waals surface area contributed by atoms with Crippen LogP contribution in [0, 0.1) is 0 Å². The van der Waals surface area contributed by atoms with Crippen molar-refractivity contribution in [3.8, 4) is 5.75 Å². The molecule has 0 saturated carbocycles. The fraction of sp³-hybridized carbons (Fsp3) is 0.333. The van der Waals surface area contributed by atoms with Gasteiger partial charge in [-0.15, -0.1) is 0 Å². The second-order valence-electron chi connectivity index (χ2n) is 6.72. The van der Waals surface area contributed by atoms with Gasteiger partial charge in [0.05, 0.1) is 5.52 Å². The van der Waals surface area contributed by atoms with Crippen LogP contribution in [0.5, 0.6) is 5.75 Å². The highest BCUT2D eigenvalue weighted by atomic mass is 16.5. The minimum Gasteiger partial charge on any atom is -0.488 e. The smallest absolute Gasteiger partial charge is 0.129 e. The number of benzene rings is 2. The van der Waals surface area contributed by atoms with E-state index in [1.165, 1.54) is 42.4 Å². The number of likely N-dealkylation sites (tertiary alicyclic amines) is 1. The molecule has 1 aliphatic heterocycles. The van der Waals surface area contributed by atoms with Crippen LogP contribution < -0.4 is 4.74 Å². The van der Waals surface area contributed by atoms with Gasteiger partial charge < -0.3 is 14.2 Å². The average molecular weight is 320 g/mol. The van der Waals surface area contributed by atoms with E-state index in [9.17, 15) is 0 Å². The first-order valence-electron chi connectivity index (χ1n) is 8.76. The van der Waals surface area contributed by atoms with Gasteiger partial charge in [-0.1, -0.05) is 36.4 Å². The number of piperidine rings is 1. The SMILES string of the molecule is CN1CCC(n2ccc3c(OCc4ccccc4)cccc32)CC1. The van der Waals surface area contributed by atoms with Gasteiger partial charge in [0, 0.05) is 17.6 Å². The highest BCUT2D eigenvalue weighted by Gasteiger charge is 2.19. The molecule has 0 N–H and O–H groups in total. The molecule has 0 amide bonds. The molecule has 3 heteroatoms. The molecule has 3 aromatic rings. The first kappa shape index (κ1) is 15.3. The van der Waals surface area contributed by atoms with E-state index in [1.54, 1.807) is 0 Å². The van der Waals surface area contributed by atoms with Crippen LogP contribution in [0.15, 0.2) is 60.8 Å². The van der Waals surface area contributed by atoms with Gasteiger partial charge in [-0.05, 0) is 56.7 Å². The zero-order valence-corrected chi connectivity index (χ0v) is 14.2. The summed E-state index contributed by atoms with van der Waals surface area (Å²) in [4.78, 5) is 2.41. The number of aromatic nitrogens is 1. The van der Waals surface area contributed by atoms with Crippen LogP contribution in [0.3, 0.4) is 0 Å². The first-order valence-corrected chi connectivity index (χ1v) is 8.76. The second-order valence-corrected chi connectivity index (χ2v) is 6.72. The van der Waals surface area contributed by atoms with Crippen molar-refractivity contribution in [1.29, 1.82) is 0 Å². The summed E-state index contributed by atoms with van der Waals surface area (Å²) in [6, 6.07) is 19.5. The van der Waals surface area contributed by atoms with Crippen molar-refractivity contribution in [3.05, 3.63) is 66.4 Å². The predicted molar refractivity (Wildman–Crippen MR) is 98.5 cm³/mol. The molecule has 0 bridgehead atoms. The summed E-state index contributed by atoms with van der Waals surface area (Å²) in [5.74, 6) is 0.975. The fourth-order valence-electron chi connectivity index (χ4n) is 3.61. The van der Waals surface area contributed by atoms with Gasteiger partial charge >= 0.3 is 0 Å². The van der Waals surface area contributed by atoms with Crippen molar-refractivity contribution in [3.63, 3.8) is 0 Å². The molecule has 24 heavy (non-hydrogen) atoms. The number of rotatable bonds is 4. The van der Waals surface area contributed by atoms with Crippen molar-refractivity contribution in [1.82, 2.24) is 9.47 Å². The quantitative estimate of drug-likeness (QED) is 0.705. The van der Waals surface area contributed by atoms with Crippen LogP contribution in [0.25, 0.3) is 10.9 Å². The third-order valence-corrected chi connectivity index (χ3v) is 5.04. The second kappa shape index (κ2) is 6.70. The maximum absolute atomic E-state index is 6.10. The molecule has 1 fully saturated rings. The summed E-state index contributed by atoms with van der Waals surface area (Å²) in [6.07, 6.45) is 4.67. The van der Waals surface area contributed by atoms with Crippen LogP contribution in [-0.2, 0) is 6.61 Å². The largest absolute Gasteiger partial charge is 0.488 e. The van der Waals surface area contributed by atoms with Gasteiger partial charge in [0.25, 0.3) is 0 Å². The van der Waals surface area contributed by atoms with Gasteiger partial charge in [0.2, 0.25) is 0 Å². The van der Waals surface area contributed by atoms with Crippen molar-refractivity contribution >= 4 is 10.9 Å². The van der Waals surface area contributed by atoms with E-state index in [0.29, 0.717) is 12.6 Å². The summed E-state index contributed by atoms with van der Waals surface area (Å²) < 4.78 is 8.54. The molecule has 2 heterocycles. The summed E-state index contributed by atoms with van der Waals surface area (Å²) in [6.45, 7) is 2.96. The lowest BCUT2D eigenvalue weighted by molar-refractivity contribution is 0.224. The molecular weight excluding hydrogens is 296 g/mol. The molecule has 3 nitrogen and oxygen atoms in total. The zero-order valence-electron chi connectivity index (χ0n) is 14.2. The Labute approximate surface area is 143 Å². The van der Waals surface area contributed by atoms with E-state index >= 15 is 0 Å². The van der Waals surface area contributed by atoms with Crippen molar-refractivity contribution in [2.45, 2.75) is 25.5 Å². The van der Waals surface area contributed by atoms with Crippen LogP contribution in [-0.4, -0.2) is 29.6 Å². The van der Waals surface area contributed by atoms with Crippen molar-refractivity contribution < 1.29 is 4.74 Å². The van der Waals surface area contributed by atoms with E-state index in [0.717, 1.165) is 5.75 Å². The first-order chi connectivity index (χ1) is 11.8. The molecule has 1 aliphatic rings. The zero-order chi connectivity index (χ0) is 16.4. The summed E-state index contributed by atoms with van der Waals surface area (Å²) >= 11 is 0. The molecule has 0 spiro atoms. The highest BCUT2D eigenvalue weighted by molar-refractivity contribution is 5.86. The fourth-order valence-corrected chi connectivity index (χ4v) is 3.61. The third-order valence-electron chi connectivity index (χ3n) is 5.04. The van der Waals surface area contributed by atoms with Crippen LogP contribution in [0.1, 0.15) is 24.4 Å². The Morgan fingerprint density at radius 2 is 1.75 bits per heavy atom. The summed E-state index contributed by atoms with van der Waals surface area (Å²) in [5, 5.41) is 1.22. The van der Waals surface area contributed by atoms with Gasteiger partial charge in [-0.2, -0.15) is 0 Å². The molecular formula is C21H24N2O. The minimum atomic E-state index is 0.600. The molecule has 2 aromatic carbocycles. The Morgan fingerprint density at radius 1 is 0.958 bits per heavy atom. The number of fused-ring (bicyclic) bond motifs is 1. The monoisotopic (exact) mass is 320 g/mol. The summed E-state index contributed by atoms with van der Waals surface area (Å²) in [7, 11) is 2.21. The standard InChI is InChI=1S/C21H24N2O/c1-22-13-10-18(11-14-22)23-15-12-19-20(23)8-5-9-21(19)24-16-17-6-3-2-4-7-17/h2-9,12,15,18H,10-11,13-14,16H2,1H3. The van der Waals surface area contributed by atoms with Crippen LogP contribution in [0.4, 0.5) is 0 Å². The molecule has 124 valence electrons. The van der Waals surface area contributed by atoms with E-state index in [4.69, 9.17) is 4.74 Å². The minimum absolute atomic E-state index is 0.600. The van der Waals surface area contributed by atoms with Gasteiger partial charge in [-0.3, -0.25) is 0 Å². The third kappa shape index (κ3) is 3.04. The van der Waals surface area contributed by atoms with Crippen LogP contribution in [0.2, 0.25) is 0 Å². The van der Waals surface area contributed by atoms with Crippen molar-refractivity contribution in [2.24, 2.45) is 0 Å². The number of hydrogen-bond donors (Lipinski definition) is 0. The Kier molecular flexibility index (Phi) is 4.26. The predicted octanol–water partition coefficient (Wildman–Crippen LogP) is 4.49. The lowest BCUT2D eigenvalue weighted by atomic mass is 10.1. The summed E-state index contributed by atoms with van der Waals surface area (Å²) in [5.41, 5.74) is 2.49. The van der Waals surface area contributed by atoms with E-state index in [1.807, 2.05) is 6.07 Å². The molecule has 1 aromatic heterocycles. The van der Waals surface area contributed by atoms with Crippen LogP contribution >= 0.6 is 0 Å². The Morgan fingerprint density at radius 3 is 2.54 bits per heavy atom. The molecule has 0 radical (unpaired) electrons. The number of nitrogens with zero attached hydrogens (tertiary/aromatic N) is 2. The lowest BCUT2D eigenvalue weighted by Gasteiger charge is -2.30. The number of hydrogen-bond acceptors (Lipinski definition) is 2. The van der Waals surface area contributed by atoms with Gasteiger partial charge in [0.1, 0.15) is 12.4 Å². The van der Waals surface area contributed by atoms with Crippen molar-refractivity contribution in [2.75, 3.05) is 20.1 Å². The topological polar surface area (TPSA) is 17.4 Å². The maximum atomic E-state index is 6.10. The molecule has 0 atom stereocenters. The average Bonchev–Trinajstić information content (AvgIpc) is 3.06. The molecule has 0 aliphatic carbocycles. The van der Waals surface area contributed by atoms with Gasteiger partial charge in [0.15, 0.2) is 0 Å². The lowest BCUT2D eigenvalue weighted by Crippen LogP contribution is -2.31. The van der Waals surface area contributed by atoms with E-state index in [2.05, 4.69) is 71.2 Å². The Balaban J connectivity index is 1.57. The van der Waals surface area contributed by atoms with E-state index < -0.39 is 0 Å². The molecule has 1 saturated heterocycles. The normalized spacial score (nSPS) is 16.5. The molecule has 4 rings (SSSR count). The highest BCUT2D eigenvalue weighted by Crippen LogP contribution is 2.32. The molecule has 0 unspecified atom stereocenters. The maximum Gasteiger partial charge on any atom is 0.129 e. The number of ether oxygens (including phenoxy) is 1. The Hall–Kier alpha value is -2.26. The van der Waals surface area contributed by atoms with E-state index in [-0.39, 0.29) is 0 Å².